The van der Waals surface area contributed by atoms with Crippen molar-refractivity contribution in [2.45, 2.75) is 20.8 Å². The van der Waals surface area contributed by atoms with Gasteiger partial charge in [0.05, 0.1) is 22.4 Å². The lowest BCUT2D eigenvalue weighted by Gasteiger charge is -2.22. The molecule has 1 saturated heterocycles. The van der Waals surface area contributed by atoms with E-state index in [-0.39, 0.29) is 35.0 Å². The van der Waals surface area contributed by atoms with E-state index in [0.717, 1.165) is 33.4 Å². The molecule has 4 atom stereocenters. The summed E-state index contributed by atoms with van der Waals surface area (Å²) in [7, 11) is 0. The number of aryl methyl sites for hydroxylation is 3. The molecule has 0 unspecified atom stereocenters. The maximum absolute atomic E-state index is 13.8. The number of fused-ring (bicyclic) bond motifs is 5. The topological polar surface area (TPSA) is 80.5 Å². The highest BCUT2D eigenvalue weighted by atomic mass is 16.6. The van der Waals surface area contributed by atoms with Gasteiger partial charge in [-0.15, -0.1) is 0 Å². The van der Waals surface area contributed by atoms with Crippen molar-refractivity contribution in [3.8, 4) is 0 Å². The minimum atomic E-state index is -0.510. The Labute approximate surface area is 215 Å². The second-order valence-electron chi connectivity index (χ2n) is 10.3. The predicted octanol–water partition coefficient (Wildman–Crippen LogP) is 5.94. The molecule has 3 aromatic rings. The van der Waals surface area contributed by atoms with Gasteiger partial charge in [-0.05, 0) is 49.1 Å². The first-order valence-electron chi connectivity index (χ1n) is 12.5. The minimum absolute atomic E-state index is 0.0992. The van der Waals surface area contributed by atoms with Crippen LogP contribution in [0.25, 0.3) is 5.57 Å². The second-order valence-corrected chi connectivity index (χ2v) is 10.3. The number of nitrogens with zero attached hydrogens (tertiary/aromatic N) is 2. The van der Waals surface area contributed by atoms with Gasteiger partial charge in [-0.25, -0.2) is 4.90 Å². The van der Waals surface area contributed by atoms with Crippen molar-refractivity contribution in [2.75, 3.05) is 4.90 Å². The van der Waals surface area contributed by atoms with Crippen molar-refractivity contribution in [1.82, 2.24) is 0 Å². The summed E-state index contributed by atoms with van der Waals surface area (Å²) < 4.78 is 0. The standard InChI is InChI=1S/C31H26N2O4/c1-17-4-9-20(10-5-17)26(21-11-6-18(2)7-12-21)27-23-14-15-24(27)29-28(23)30(34)32(31(29)35)22-13-8-19(3)25(16-22)33(36)37/h4-16,23-24,28-29H,1-3H3/t23-,24-,28+,29+/m1/s1. The van der Waals surface area contributed by atoms with Crippen LogP contribution < -0.4 is 4.90 Å². The Bertz CT molecular complexity index is 1450. The number of carbonyl (C=O) groups excluding carboxylic acids is 2. The van der Waals surface area contributed by atoms with Gasteiger partial charge in [0.15, 0.2) is 0 Å². The zero-order valence-electron chi connectivity index (χ0n) is 20.8. The smallest absolute Gasteiger partial charge is 0.274 e. The Balaban J connectivity index is 1.46. The fourth-order valence-corrected chi connectivity index (χ4v) is 6.23. The number of hydrogen-bond acceptors (Lipinski definition) is 4. The third-order valence-corrected chi connectivity index (χ3v) is 8.03. The van der Waals surface area contributed by atoms with Gasteiger partial charge in [0, 0.05) is 23.5 Å². The van der Waals surface area contributed by atoms with Crippen LogP contribution in [0.2, 0.25) is 0 Å². The highest BCUT2D eigenvalue weighted by Crippen LogP contribution is 2.59. The fraction of sp³-hybridized carbons (Fsp3) is 0.226. The number of nitro groups is 1. The lowest BCUT2D eigenvalue weighted by atomic mass is 9.85. The molecule has 6 heteroatoms. The Hall–Kier alpha value is -4.32. The van der Waals surface area contributed by atoms with Gasteiger partial charge in [0.2, 0.25) is 11.8 Å². The molecule has 3 aromatic carbocycles. The summed E-state index contributed by atoms with van der Waals surface area (Å²) in [5.41, 5.74) is 7.29. The third kappa shape index (κ3) is 3.47. The monoisotopic (exact) mass is 490 g/mol. The van der Waals surface area contributed by atoms with Crippen molar-refractivity contribution < 1.29 is 14.5 Å². The number of allylic oxidation sites excluding steroid dienone is 3. The van der Waals surface area contributed by atoms with E-state index in [1.165, 1.54) is 11.0 Å². The van der Waals surface area contributed by atoms with E-state index in [9.17, 15) is 19.7 Å². The van der Waals surface area contributed by atoms with E-state index in [0.29, 0.717) is 5.56 Å². The Kier molecular flexibility index (Phi) is 5.23. The molecule has 0 N–H and O–H groups in total. The van der Waals surface area contributed by atoms with Crippen LogP contribution in [0.1, 0.15) is 27.8 Å². The van der Waals surface area contributed by atoms with Gasteiger partial charge in [-0.3, -0.25) is 19.7 Å². The van der Waals surface area contributed by atoms with Crippen molar-refractivity contribution in [1.29, 1.82) is 0 Å². The number of carbonyl (C=O) groups is 2. The van der Waals surface area contributed by atoms with E-state index in [4.69, 9.17) is 0 Å². The Morgan fingerprint density at radius 3 is 1.70 bits per heavy atom. The molecule has 184 valence electrons. The summed E-state index contributed by atoms with van der Waals surface area (Å²) in [6.45, 7) is 5.74. The van der Waals surface area contributed by atoms with Crippen LogP contribution in [-0.2, 0) is 9.59 Å². The lowest BCUT2D eigenvalue weighted by molar-refractivity contribution is -0.385. The highest BCUT2D eigenvalue weighted by Gasteiger charge is 2.62. The number of anilines is 1. The first-order valence-corrected chi connectivity index (χ1v) is 12.5. The van der Waals surface area contributed by atoms with Crippen LogP contribution in [0.5, 0.6) is 0 Å². The molecule has 37 heavy (non-hydrogen) atoms. The molecule has 6 nitrogen and oxygen atoms in total. The van der Waals surface area contributed by atoms with E-state index in [2.05, 4.69) is 74.5 Å². The summed E-state index contributed by atoms with van der Waals surface area (Å²) in [5.74, 6) is -1.99. The number of rotatable bonds is 4. The lowest BCUT2D eigenvalue weighted by Crippen LogP contribution is -2.33. The SMILES string of the molecule is Cc1ccc(C(=C2[C@H]3C=C[C@H]2[C@@H]2C(=O)N(c4ccc(C)c([N+](=O)[O-])c4)C(=O)[C@H]23)c2ccc(C)cc2)cc1. The Morgan fingerprint density at radius 2 is 1.24 bits per heavy atom. The molecule has 1 aliphatic heterocycles. The number of hydrogen-bond donors (Lipinski definition) is 0. The molecule has 2 fully saturated rings. The zero-order chi connectivity index (χ0) is 26.0. The summed E-state index contributed by atoms with van der Waals surface area (Å²) >= 11 is 0. The summed E-state index contributed by atoms with van der Waals surface area (Å²) in [5, 5.41) is 11.5. The molecule has 0 radical (unpaired) electrons. The van der Waals surface area contributed by atoms with Crippen molar-refractivity contribution in [3.63, 3.8) is 0 Å². The molecular weight excluding hydrogens is 464 g/mol. The number of benzene rings is 3. The molecule has 0 aromatic heterocycles. The molecule has 3 aliphatic rings. The molecule has 2 aliphatic carbocycles. The van der Waals surface area contributed by atoms with E-state index >= 15 is 0 Å². The third-order valence-electron chi connectivity index (χ3n) is 8.03. The van der Waals surface area contributed by atoms with Crippen LogP contribution in [0.4, 0.5) is 11.4 Å². The summed E-state index contributed by atoms with van der Waals surface area (Å²) in [6.07, 6.45) is 4.13. The predicted molar refractivity (Wildman–Crippen MR) is 142 cm³/mol. The van der Waals surface area contributed by atoms with Crippen molar-refractivity contribution in [3.05, 3.63) is 122 Å². The van der Waals surface area contributed by atoms with Gasteiger partial charge in [-0.2, -0.15) is 0 Å². The van der Waals surface area contributed by atoms with Crippen LogP contribution in [0.3, 0.4) is 0 Å². The Morgan fingerprint density at radius 1 is 0.757 bits per heavy atom. The zero-order valence-corrected chi connectivity index (χ0v) is 20.8. The van der Waals surface area contributed by atoms with Crippen LogP contribution in [0.15, 0.2) is 84.5 Å². The minimum Gasteiger partial charge on any atom is -0.274 e. The first-order chi connectivity index (χ1) is 17.8. The van der Waals surface area contributed by atoms with E-state index in [1.54, 1.807) is 19.1 Å². The average Bonchev–Trinajstić information content (AvgIpc) is 3.51. The van der Waals surface area contributed by atoms with E-state index in [1.807, 2.05) is 0 Å². The second kappa shape index (κ2) is 8.37. The van der Waals surface area contributed by atoms with Crippen molar-refractivity contribution >= 4 is 28.8 Å². The van der Waals surface area contributed by atoms with Crippen LogP contribution in [-0.4, -0.2) is 16.7 Å². The summed E-state index contributed by atoms with van der Waals surface area (Å²) in [6, 6.07) is 21.3. The quantitative estimate of drug-likeness (QED) is 0.196. The maximum Gasteiger partial charge on any atom is 0.274 e. The van der Waals surface area contributed by atoms with Gasteiger partial charge in [-0.1, -0.05) is 77.9 Å². The number of nitro benzene ring substituents is 1. The van der Waals surface area contributed by atoms with Crippen molar-refractivity contribution in [2.24, 2.45) is 23.7 Å². The van der Waals surface area contributed by atoms with E-state index < -0.39 is 16.8 Å². The average molecular weight is 491 g/mol. The fourth-order valence-electron chi connectivity index (χ4n) is 6.23. The molecule has 0 spiro atoms. The largest absolute Gasteiger partial charge is 0.274 e. The highest BCUT2D eigenvalue weighted by molar-refractivity contribution is 6.23. The van der Waals surface area contributed by atoms with Gasteiger partial charge < -0.3 is 0 Å². The molecule has 6 rings (SSSR count). The molecule has 2 bridgehead atoms. The number of amides is 2. The maximum atomic E-state index is 13.8. The molecule has 1 saturated carbocycles. The molecule has 1 heterocycles. The summed E-state index contributed by atoms with van der Waals surface area (Å²) in [4.78, 5) is 39.7. The van der Waals surface area contributed by atoms with Crippen LogP contribution >= 0.6 is 0 Å². The van der Waals surface area contributed by atoms with Gasteiger partial charge in [0.1, 0.15) is 0 Å². The number of imide groups is 1. The first kappa shape index (κ1) is 23.1. The molecule has 2 amide bonds. The molecular formula is C31H26N2O4. The normalized spacial score (nSPS) is 23.6. The van der Waals surface area contributed by atoms with Gasteiger partial charge >= 0.3 is 0 Å². The van der Waals surface area contributed by atoms with Gasteiger partial charge in [0.25, 0.3) is 5.69 Å². The van der Waals surface area contributed by atoms with Crippen LogP contribution in [0, 0.1) is 54.6 Å².